The van der Waals surface area contributed by atoms with Crippen molar-refractivity contribution in [2.75, 3.05) is 26.1 Å². The molecule has 0 radical (unpaired) electrons. The largest absolute Gasteiger partial charge is 0.283 e. The molecule has 122 valence electrons. The number of hydrogen-bond donors (Lipinski definition) is 0. The minimum atomic E-state index is -3.32. The van der Waals surface area contributed by atoms with Crippen LogP contribution in [0.4, 0.5) is 0 Å². The second-order valence-electron chi connectivity index (χ2n) is 5.56. The summed E-state index contributed by atoms with van der Waals surface area (Å²) in [5.41, 5.74) is 0. The molecule has 0 fully saturated rings. The third-order valence-electron chi connectivity index (χ3n) is 3.30. The first-order chi connectivity index (χ1) is 9.52. The van der Waals surface area contributed by atoms with Gasteiger partial charge in [0.2, 0.25) is 0 Å². The Bertz CT molecular complexity index is 304. The van der Waals surface area contributed by atoms with Crippen LogP contribution in [0.5, 0.6) is 0 Å². The standard InChI is InChI=1S/C15H33NO3S/c1-4-6-7-8-9-10-11-12-13-16(3)15-19-20(17,18)14-5-2/h4-15H2,1-3H3. The Morgan fingerprint density at radius 2 is 1.40 bits per heavy atom. The van der Waals surface area contributed by atoms with Crippen molar-refractivity contribution in [2.45, 2.75) is 71.6 Å². The zero-order chi connectivity index (χ0) is 15.3. The first kappa shape index (κ1) is 19.9. The minimum absolute atomic E-state index is 0.110. The van der Waals surface area contributed by atoms with E-state index >= 15 is 0 Å². The molecule has 0 heterocycles. The molecule has 0 saturated heterocycles. The van der Waals surface area contributed by atoms with Crippen LogP contribution in [0.1, 0.15) is 71.6 Å². The second kappa shape index (κ2) is 12.6. The maximum atomic E-state index is 11.4. The summed E-state index contributed by atoms with van der Waals surface area (Å²) in [5, 5.41) is 0. The first-order valence-corrected chi connectivity index (χ1v) is 9.65. The first-order valence-electron chi connectivity index (χ1n) is 8.07. The molecule has 0 aliphatic rings. The monoisotopic (exact) mass is 307 g/mol. The van der Waals surface area contributed by atoms with Crippen molar-refractivity contribution in [3.8, 4) is 0 Å². The zero-order valence-electron chi connectivity index (χ0n) is 13.6. The Labute approximate surface area is 126 Å². The molecule has 0 aromatic heterocycles. The van der Waals surface area contributed by atoms with Crippen molar-refractivity contribution in [3.05, 3.63) is 0 Å². The predicted molar refractivity (Wildman–Crippen MR) is 85.3 cm³/mol. The van der Waals surface area contributed by atoms with Crippen LogP contribution in [0.15, 0.2) is 0 Å². The molecule has 4 nitrogen and oxygen atoms in total. The van der Waals surface area contributed by atoms with Crippen LogP contribution in [0, 0.1) is 0 Å². The van der Waals surface area contributed by atoms with Crippen LogP contribution < -0.4 is 0 Å². The lowest BCUT2D eigenvalue weighted by Crippen LogP contribution is -2.26. The Kier molecular flexibility index (Phi) is 12.5. The van der Waals surface area contributed by atoms with E-state index in [0.717, 1.165) is 13.0 Å². The lowest BCUT2D eigenvalue weighted by atomic mass is 10.1. The van der Waals surface area contributed by atoms with Crippen LogP contribution in [0.3, 0.4) is 0 Å². The van der Waals surface area contributed by atoms with Gasteiger partial charge < -0.3 is 0 Å². The van der Waals surface area contributed by atoms with Gasteiger partial charge in [-0.2, -0.15) is 8.42 Å². The fraction of sp³-hybridized carbons (Fsp3) is 1.00. The molecule has 0 aromatic carbocycles. The summed E-state index contributed by atoms with van der Waals surface area (Å²) in [5.74, 6) is 0.110. The summed E-state index contributed by atoms with van der Waals surface area (Å²) < 4.78 is 27.7. The molecule has 0 spiro atoms. The van der Waals surface area contributed by atoms with Gasteiger partial charge in [-0.3, -0.25) is 9.08 Å². The van der Waals surface area contributed by atoms with E-state index in [1.54, 1.807) is 0 Å². The van der Waals surface area contributed by atoms with Crippen LogP contribution in [0.25, 0.3) is 0 Å². The molecule has 0 N–H and O–H groups in total. The normalized spacial score (nSPS) is 12.2. The number of rotatable bonds is 14. The molecule has 0 amide bonds. The average Bonchev–Trinajstić information content (AvgIpc) is 2.39. The summed E-state index contributed by atoms with van der Waals surface area (Å²) >= 11 is 0. The lowest BCUT2D eigenvalue weighted by Gasteiger charge is -2.16. The highest BCUT2D eigenvalue weighted by atomic mass is 32.2. The van der Waals surface area contributed by atoms with Gasteiger partial charge in [-0.1, -0.05) is 58.8 Å². The number of nitrogens with zero attached hydrogens (tertiary/aromatic N) is 1. The zero-order valence-corrected chi connectivity index (χ0v) is 14.4. The molecule has 0 rings (SSSR count). The van der Waals surface area contributed by atoms with Crippen molar-refractivity contribution < 1.29 is 12.6 Å². The third-order valence-corrected chi connectivity index (χ3v) is 4.67. The number of hydrogen-bond acceptors (Lipinski definition) is 4. The maximum Gasteiger partial charge on any atom is 0.268 e. The Morgan fingerprint density at radius 1 is 0.850 bits per heavy atom. The van der Waals surface area contributed by atoms with Crippen molar-refractivity contribution >= 4 is 10.1 Å². The van der Waals surface area contributed by atoms with Crippen LogP contribution >= 0.6 is 0 Å². The fourth-order valence-corrected chi connectivity index (χ4v) is 3.02. The van der Waals surface area contributed by atoms with E-state index < -0.39 is 10.1 Å². The van der Waals surface area contributed by atoms with E-state index in [2.05, 4.69) is 6.92 Å². The van der Waals surface area contributed by atoms with Gasteiger partial charge in [0.15, 0.2) is 0 Å². The summed E-state index contributed by atoms with van der Waals surface area (Å²) in [6.45, 7) is 5.15. The average molecular weight is 308 g/mol. The number of unbranched alkanes of at least 4 members (excludes halogenated alkanes) is 7. The fourth-order valence-electron chi connectivity index (χ4n) is 2.06. The maximum absolute atomic E-state index is 11.4. The molecule has 0 saturated carbocycles. The van der Waals surface area contributed by atoms with E-state index in [1.807, 2.05) is 18.9 Å². The SMILES string of the molecule is CCCCCCCCCCN(C)COS(=O)(=O)CCC. The second-order valence-corrected chi connectivity index (χ2v) is 7.32. The van der Waals surface area contributed by atoms with Gasteiger partial charge in [-0.25, -0.2) is 0 Å². The summed E-state index contributed by atoms with van der Waals surface area (Å²) in [4.78, 5) is 1.93. The molecular formula is C15H33NO3S. The topological polar surface area (TPSA) is 46.6 Å². The van der Waals surface area contributed by atoms with Gasteiger partial charge in [0.25, 0.3) is 10.1 Å². The van der Waals surface area contributed by atoms with Gasteiger partial charge in [-0.15, -0.1) is 0 Å². The Balaban J connectivity index is 3.43. The van der Waals surface area contributed by atoms with Gasteiger partial charge >= 0.3 is 0 Å². The molecule has 0 unspecified atom stereocenters. The van der Waals surface area contributed by atoms with Gasteiger partial charge in [-0.05, 0) is 19.9 Å². The predicted octanol–water partition coefficient (Wildman–Crippen LogP) is 3.77. The Hall–Kier alpha value is -0.130. The van der Waals surface area contributed by atoms with E-state index in [4.69, 9.17) is 4.18 Å². The van der Waals surface area contributed by atoms with Crippen molar-refractivity contribution in [2.24, 2.45) is 0 Å². The quantitative estimate of drug-likeness (QED) is 0.278. The van der Waals surface area contributed by atoms with Crippen LogP contribution in [-0.4, -0.2) is 39.4 Å². The molecular weight excluding hydrogens is 274 g/mol. The van der Waals surface area contributed by atoms with E-state index in [-0.39, 0.29) is 12.5 Å². The minimum Gasteiger partial charge on any atom is -0.283 e. The summed E-state index contributed by atoms with van der Waals surface area (Å²) in [6.07, 6.45) is 10.9. The van der Waals surface area contributed by atoms with Crippen molar-refractivity contribution in [1.29, 1.82) is 0 Å². The van der Waals surface area contributed by atoms with Crippen LogP contribution in [0.2, 0.25) is 0 Å². The molecule has 0 aliphatic heterocycles. The van der Waals surface area contributed by atoms with E-state index in [1.165, 1.54) is 44.9 Å². The van der Waals surface area contributed by atoms with E-state index in [9.17, 15) is 8.42 Å². The van der Waals surface area contributed by atoms with Gasteiger partial charge in [0.1, 0.15) is 6.73 Å². The smallest absolute Gasteiger partial charge is 0.268 e. The molecule has 5 heteroatoms. The summed E-state index contributed by atoms with van der Waals surface area (Å²) in [7, 11) is -1.41. The van der Waals surface area contributed by atoms with Crippen LogP contribution in [-0.2, 0) is 14.3 Å². The van der Waals surface area contributed by atoms with Crippen molar-refractivity contribution in [3.63, 3.8) is 0 Å². The van der Waals surface area contributed by atoms with Crippen molar-refractivity contribution in [1.82, 2.24) is 4.90 Å². The van der Waals surface area contributed by atoms with Gasteiger partial charge in [0, 0.05) is 6.54 Å². The van der Waals surface area contributed by atoms with Gasteiger partial charge in [0.05, 0.1) is 5.75 Å². The molecule has 0 aliphatic carbocycles. The molecule has 0 bridgehead atoms. The highest BCUT2D eigenvalue weighted by Crippen LogP contribution is 2.08. The lowest BCUT2D eigenvalue weighted by molar-refractivity contribution is 0.156. The third kappa shape index (κ3) is 12.9. The molecule has 20 heavy (non-hydrogen) atoms. The summed E-state index contributed by atoms with van der Waals surface area (Å²) in [6, 6.07) is 0. The molecule has 0 aromatic rings. The Morgan fingerprint density at radius 3 is 1.95 bits per heavy atom. The molecule has 0 atom stereocenters. The highest BCUT2D eigenvalue weighted by molar-refractivity contribution is 7.86. The van der Waals surface area contributed by atoms with E-state index in [0.29, 0.717) is 6.42 Å². The highest BCUT2D eigenvalue weighted by Gasteiger charge is 2.10.